The van der Waals surface area contributed by atoms with E-state index in [1.807, 2.05) is 24.3 Å². The van der Waals surface area contributed by atoms with Crippen LogP contribution in [0.1, 0.15) is 17.7 Å². The molecular weight excluding hydrogens is 522 g/mol. The Balaban J connectivity index is 1.32. The second kappa shape index (κ2) is 11.4. The van der Waals surface area contributed by atoms with Crippen molar-refractivity contribution in [1.29, 1.82) is 0 Å². The molecule has 12 heteroatoms. The van der Waals surface area contributed by atoms with Crippen LogP contribution in [0.2, 0.25) is 0 Å². The van der Waals surface area contributed by atoms with Gasteiger partial charge in [-0.3, -0.25) is 19.3 Å². The lowest BCUT2D eigenvalue weighted by molar-refractivity contribution is -0.126. The zero-order valence-corrected chi connectivity index (χ0v) is 22.0. The topological polar surface area (TPSA) is 135 Å². The lowest BCUT2D eigenvalue weighted by Gasteiger charge is -2.30. The van der Waals surface area contributed by atoms with Gasteiger partial charge >= 0.3 is 0 Å². The number of hydrogen-bond acceptors (Lipinski definition) is 9. The van der Waals surface area contributed by atoms with E-state index in [1.54, 1.807) is 35.2 Å². The fourth-order valence-corrected chi connectivity index (χ4v) is 5.03. The number of amidine groups is 2. The van der Waals surface area contributed by atoms with Gasteiger partial charge in [0.25, 0.3) is 5.91 Å². The van der Waals surface area contributed by atoms with Crippen LogP contribution in [0.3, 0.4) is 0 Å². The Labute approximate surface area is 228 Å². The number of nitrogens with zero attached hydrogens (tertiary/aromatic N) is 3. The number of methoxy groups -OCH3 is 2. The number of carbonyl (C=O) groups excluding carboxylic acids is 3. The molecule has 3 heterocycles. The molecule has 0 bridgehead atoms. The first kappa shape index (κ1) is 26.0. The molecule has 0 saturated carbocycles. The van der Waals surface area contributed by atoms with Crippen LogP contribution in [0.25, 0.3) is 0 Å². The van der Waals surface area contributed by atoms with Gasteiger partial charge in [-0.2, -0.15) is 4.99 Å². The smallest absolute Gasteiger partial charge is 0.271 e. The van der Waals surface area contributed by atoms with Crippen molar-refractivity contribution in [3.05, 3.63) is 72.2 Å². The van der Waals surface area contributed by atoms with Crippen LogP contribution in [-0.4, -0.2) is 59.6 Å². The van der Waals surface area contributed by atoms with Crippen molar-refractivity contribution in [2.24, 2.45) is 9.98 Å². The number of thioether (sulfide) groups is 1. The van der Waals surface area contributed by atoms with Crippen LogP contribution < -0.4 is 20.1 Å². The Morgan fingerprint density at radius 3 is 2.67 bits per heavy atom. The maximum atomic E-state index is 13.0. The minimum atomic E-state index is -0.891. The van der Waals surface area contributed by atoms with Crippen molar-refractivity contribution in [1.82, 2.24) is 10.2 Å². The fourth-order valence-electron chi connectivity index (χ4n) is 4.18. The molecule has 0 saturated heterocycles. The normalized spacial score (nSPS) is 15.6. The minimum absolute atomic E-state index is 0.0171. The lowest BCUT2D eigenvalue weighted by Crippen LogP contribution is -2.46. The summed E-state index contributed by atoms with van der Waals surface area (Å²) < 4.78 is 15.8. The van der Waals surface area contributed by atoms with Gasteiger partial charge in [0.2, 0.25) is 11.8 Å². The summed E-state index contributed by atoms with van der Waals surface area (Å²) in [4.78, 5) is 49.2. The number of amides is 3. The average molecular weight is 548 g/mol. The number of fused-ring (bicyclic) bond motifs is 3. The maximum absolute atomic E-state index is 13.0. The summed E-state index contributed by atoms with van der Waals surface area (Å²) in [5.41, 5.74) is 1.77. The average Bonchev–Trinajstić information content (AvgIpc) is 3.58. The summed E-state index contributed by atoms with van der Waals surface area (Å²) in [6, 6.07) is 15.0. The number of nitrogens with one attached hydrogen (secondary N) is 2. The SMILES string of the molecule is COc1ccc(OC)c(NC(=O)CSC2=Nc3ccccc3C3=NC(=O)C(CC(=O)NCc4ccco4)N23)c1. The Kier molecular flexibility index (Phi) is 7.64. The summed E-state index contributed by atoms with van der Waals surface area (Å²) in [6.45, 7) is 0.201. The van der Waals surface area contributed by atoms with E-state index < -0.39 is 11.9 Å². The number of hydrogen-bond donors (Lipinski definition) is 2. The molecule has 0 spiro atoms. The Morgan fingerprint density at radius 2 is 1.90 bits per heavy atom. The van der Waals surface area contributed by atoms with Gasteiger partial charge in [-0.25, -0.2) is 4.99 Å². The number of rotatable bonds is 9. The molecular formula is C27H25N5O6S. The Morgan fingerprint density at radius 1 is 1.05 bits per heavy atom. The second-order valence-corrected chi connectivity index (χ2v) is 9.48. The highest BCUT2D eigenvalue weighted by molar-refractivity contribution is 8.14. The third kappa shape index (κ3) is 5.65. The quantitative estimate of drug-likeness (QED) is 0.417. The highest BCUT2D eigenvalue weighted by atomic mass is 32.2. The van der Waals surface area contributed by atoms with E-state index in [-0.39, 0.29) is 30.5 Å². The van der Waals surface area contributed by atoms with E-state index in [9.17, 15) is 14.4 Å². The number of anilines is 1. The summed E-state index contributed by atoms with van der Waals surface area (Å²) in [7, 11) is 3.04. The first-order valence-electron chi connectivity index (χ1n) is 12.0. The zero-order chi connectivity index (χ0) is 27.4. The molecule has 3 aromatic rings. The third-order valence-corrected chi connectivity index (χ3v) is 6.99. The van der Waals surface area contributed by atoms with Crippen molar-refractivity contribution in [3.8, 4) is 11.5 Å². The van der Waals surface area contributed by atoms with Crippen LogP contribution in [0.4, 0.5) is 11.4 Å². The largest absolute Gasteiger partial charge is 0.497 e. The van der Waals surface area contributed by atoms with Crippen LogP contribution in [0.5, 0.6) is 11.5 Å². The molecule has 39 heavy (non-hydrogen) atoms. The number of ether oxygens (including phenoxy) is 2. The summed E-state index contributed by atoms with van der Waals surface area (Å²) >= 11 is 1.14. The monoisotopic (exact) mass is 547 g/mol. The molecule has 0 aliphatic carbocycles. The molecule has 1 unspecified atom stereocenters. The van der Waals surface area contributed by atoms with Gasteiger partial charge in [0.05, 0.1) is 50.6 Å². The highest BCUT2D eigenvalue weighted by Crippen LogP contribution is 2.35. The number of carbonyl (C=O) groups is 3. The van der Waals surface area contributed by atoms with Crippen LogP contribution >= 0.6 is 11.8 Å². The van der Waals surface area contributed by atoms with Gasteiger partial charge in [0, 0.05) is 11.6 Å². The minimum Gasteiger partial charge on any atom is -0.497 e. The van der Waals surface area contributed by atoms with Crippen LogP contribution in [-0.2, 0) is 20.9 Å². The number of para-hydroxylation sites is 1. The van der Waals surface area contributed by atoms with Gasteiger partial charge in [-0.15, -0.1) is 0 Å². The number of aliphatic imine (C=N–C) groups is 2. The second-order valence-electron chi connectivity index (χ2n) is 8.53. The predicted octanol–water partition coefficient (Wildman–Crippen LogP) is 3.33. The third-order valence-electron chi connectivity index (χ3n) is 6.04. The van der Waals surface area contributed by atoms with E-state index in [1.165, 1.54) is 20.5 Å². The molecule has 2 aliphatic rings. The van der Waals surface area contributed by atoms with Gasteiger partial charge in [-0.1, -0.05) is 23.9 Å². The van der Waals surface area contributed by atoms with E-state index in [4.69, 9.17) is 18.9 Å². The van der Waals surface area contributed by atoms with E-state index in [0.29, 0.717) is 45.2 Å². The first-order valence-corrected chi connectivity index (χ1v) is 13.0. The van der Waals surface area contributed by atoms with Gasteiger partial charge in [0.1, 0.15) is 29.1 Å². The van der Waals surface area contributed by atoms with Crippen molar-refractivity contribution in [2.75, 3.05) is 25.3 Å². The Hall–Kier alpha value is -4.58. The summed E-state index contributed by atoms with van der Waals surface area (Å²) in [6.07, 6.45) is 1.38. The molecule has 11 nitrogen and oxygen atoms in total. The highest BCUT2D eigenvalue weighted by Gasteiger charge is 2.42. The molecule has 1 aromatic heterocycles. The molecule has 5 rings (SSSR count). The van der Waals surface area contributed by atoms with Crippen LogP contribution in [0.15, 0.2) is 75.3 Å². The van der Waals surface area contributed by atoms with Crippen molar-refractivity contribution in [2.45, 2.75) is 19.0 Å². The molecule has 0 radical (unpaired) electrons. The Bertz CT molecular complexity index is 1470. The van der Waals surface area contributed by atoms with Crippen LogP contribution in [0, 0.1) is 0 Å². The zero-order valence-electron chi connectivity index (χ0n) is 21.2. The van der Waals surface area contributed by atoms with Gasteiger partial charge in [-0.05, 0) is 36.4 Å². The van der Waals surface area contributed by atoms with E-state index >= 15 is 0 Å². The first-order chi connectivity index (χ1) is 19.0. The van der Waals surface area contributed by atoms with Gasteiger partial charge < -0.3 is 24.5 Å². The molecule has 200 valence electrons. The summed E-state index contributed by atoms with van der Waals surface area (Å²) in [5.74, 6) is 0.936. The fraction of sp³-hybridized carbons (Fsp3) is 0.222. The van der Waals surface area contributed by atoms with Gasteiger partial charge in [0.15, 0.2) is 5.17 Å². The lowest BCUT2D eigenvalue weighted by atomic mass is 10.1. The molecule has 1 atom stereocenters. The van der Waals surface area contributed by atoms with Crippen molar-refractivity contribution >= 4 is 51.9 Å². The molecule has 3 amide bonds. The molecule has 2 aliphatic heterocycles. The number of benzene rings is 2. The molecule has 2 aromatic carbocycles. The molecule has 0 fully saturated rings. The summed E-state index contributed by atoms with van der Waals surface area (Å²) in [5, 5.41) is 5.99. The molecule has 2 N–H and O–H groups in total. The van der Waals surface area contributed by atoms with Crippen molar-refractivity contribution < 1.29 is 28.3 Å². The van der Waals surface area contributed by atoms with E-state index in [2.05, 4.69) is 15.6 Å². The number of furan rings is 1. The van der Waals surface area contributed by atoms with Crippen molar-refractivity contribution in [3.63, 3.8) is 0 Å². The maximum Gasteiger partial charge on any atom is 0.271 e. The van der Waals surface area contributed by atoms with E-state index in [0.717, 1.165) is 11.8 Å². The standard InChI is InChI=1S/C27H25N5O6S/c1-36-16-9-10-22(37-2)20(12-16)29-24(34)15-39-27-30-19-8-4-3-7-18(19)25-31-26(35)21(32(25)27)13-23(33)28-14-17-6-5-11-38-17/h3-12,21H,13-15H2,1-2H3,(H,28,33)(H,29,34). The predicted molar refractivity (Wildman–Crippen MR) is 147 cm³/mol.